The fourth-order valence-corrected chi connectivity index (χ4v) is 5.63. The van der Waals surface area contributed by atoms with Crippen LogP contribution in [0, 0.1) is 0 Å². The molecule has 148 valence electrons. The van der Waals surface area contributed by atoms with E-state index in [2.05, 4.69) is 35.9 Å². The quantitative estimate of drug-likeness (QED) is 0.408. The Morgan fingerprint density at radius 1 is 1.39 bits per heavy atom. The number of carbonyl (C=O) groups excluding carboxylic acids is 1. The zero-order chi connectivity index (χ0) is 20.1. The Morgan fingerprint density at radius 3 is 2.82 bits per heavy atom. The summed E-state index contributed by atoms with van der Waals surface area (Å²) < 4.78 is 11.8. The molecule has 1 fully saturated rings. The van der Waals surface area contributed by atoms with Gasteiger partial charge in [0.2, 0.25) is 0 Å². The van der Waals surface area contributed by atoms with Gasteiger partial charge in [0, 0.05) is 47.7 Å². The van der Waals surface area contributed by atoms with Crippen molar-refractivity contribution in [1.82, 2.24) is 10.6 Å². The first-order valence-corrected chi connectivity index (χ1v) is 10.7. The number of carbonyl (C=O) groups is 1. The topological polar surface area (TPSA) is 59.6 Å². The summed E-state index contributed by atoms with van der Waals surface area (Å²) >= 11 is 13.6. The lowest BCUT2D eigenvalue weighted by Crippen LogP contribution is -2.69. The van der Waals surface area contributed by atoms with Gasteiger partial charge in [-0.3, -0.25) is 4.79 Å². The third-order valence-electron chi connectivity index (χ3n) is 4.94. The second kappa shape index (κ2) is 6.90. The van der Waals surface area contributed by atoms with Crippen LogP contribution in [-0.4, -0.2) is 22.3 Å². The van der Waals surface area contributed by atoms with Crippen LogP contribution in [0.25, 0.3) is 0 Å². The number of rotatable bonds is 2. The summed E-state index contributed by atoms with van der Waals surface area (Å²) in [5.74, 6) is 0.616. The summed E-state index contributed by atoms with van der Waals surface area (Å²) in [6, 6.07) is 7.72. The van der Waals surface area contributed by atoms with E-state index in [0.29, 0.717) is 28.1 Å². The molecule has 2 atom stereocenters. The van der Waals surface area contributed by atoms with Gasteiger partial charge in [-0.2, -0.15) is 0 Å². The number of benzene rings is 1. The van der Waals surface area contributed by atoms with Crippen molar-refractivity contribution < 1.29 is 14.3 Å². The molecule has 8 heteroatoms. The molecular weight excluding hydrogens is 416 g/mol. The summed E-state index contributed by atoms with van der Waals surface area (Å²) in [5.41, 5.74) is 0.109. The van der Waals surface area contributed by atoms with E-state index in [9.17, 15) is 4.79 Å². The van der Waals surface area contributed by atoms with Gasteiger partial charge >= 0.3 is 5.97 Å². The summed E-state index contributed by atoms with van der Waals surface area (Å²) in [5, 5.41) is 9.68. The number of halogens is 1. The highest BCUT2D eigenvalue weighted by molar-refractivity contribution is 7.80. The molecule has 4 rings (SSSR count). The zero-order valence-corrected chi connectivity index (χ0v) is 18.2. The van der Waals surface area contributed by atoms with E-state index in [4.69, 9.17) is 33.3 Å². The number of fused-ring (bicyclic) bond motifs is 1. The third kappa shape index (κ3) is 3.71. The fourth-order valence-electron chi connectivity index (χ4n) is 4.11. The second-order valence-corrected chi connectivity index (χ2v) is 9.72. The SMILES string of the molecule is CC(=O)Oc1cc2c(cc1Cl)[C@H](c1cccs1)C[C@]1(CC(C)(C)NC(=S)N1)O2. The van der Waals surface area contributed by atoms with E-state index < -0.39 is 11.7 Å². The monoisotopic (exact) mass is 436 g/mol. The van der Waals surface area contributed by atoms with Gasteiger partial charge < -0.3 is 20.1 Å². The van der Waals surface area contributed by atoms with Crippen molar-refractivity contribution in [2.75, 3.05) is 0 Å². The maximum Gasteiger partial charge on any atom is 0.308 e. The minimum Gasteiger partial charge on any atom is -0.468 e. The van der Waals surface area contributed by atoms with Crippen LogP contribution in [0.4, 0.5) is 0 Å². The number of thiophene rings is 1. The average molecular weight is 437 g/mol. The standard InChI is InChI=1S/C20H21ClN2O3S2/c1-11(24)25-16-8-15-12(7-14(16)21)13(17-5-4-6-28-17)9-20(26-15)10-19(2,3)22-18(27)23-20/h4-8,13H,9-10H2,1-3H3,(H2,22,23,27)/t13-,20-/m1/s1. The highest BCUT2D eigenvalue weighted by Crippen LogP contribution is 2.50. The van der Waals surface area contributed by atoms with E-state index in [1.165, 1.54) is 11.8 Å². The van der Waals surface area contributed by atoms with E-state index in [1.54, 1.807) is 17.4 Å². The first kappa shape index (κ1) is 19.5. The molecule has 5 nitrogen and oxygen atoms in total. The molecule has 0 unspecified atom stereocenters. The molecule has 1 aromatic heterocycles. The lowest BCUT2D eigenvalue weighted by molar-refractivity contribution is -0.131. The van der Waals surface area contributed by atoms with Crippen molar-refractivity contribution in [3.05, 3.63) is 45.1 Å². The Morgan fingerprint density at radius 2 is 2.18 bits per heavy atom. The fraction of sp³-hybridized carbons (Fsp3) is 0.400. The smallest absolute Gasteiger partial charge is 0.308 e. The van der Waals surface area contributed by atoms with Gasteiger partial charge in [0.15, 0.2) is 16.6 Å². The van der Waals surface area contributed by atoms with Gasteiger partial charge in [0.1, 0.15) is 5.75 Å². The third-order valence-corrected chi connectivity index (χ3v) is 6.43. The second-order valence-electron chi connectivity index (χ2n) is 7.92. The molecular formula is C20H21ClN2O3S2. The first-order chi connectivity index (χ1) is 13.2. The van der Waals surface area contributed by atoms with Gasteiger partial charge in [0.05, 0.1) is 5.02 Å². The number of hydrogen-bond acceptors (Lipinski definition) is 5. The Hall–Kier alpha value is -1.83. The van der Waals surface area contributed by atoms with Gasteiger partial charge in [-0.15, -0.1) is 11.3 Å². The summed E-state index contributed by atoms with van der Waals surface area (Å²) in [4.78, 5) is 12.7. The molecule has 0 saturated carbocycles. The van der Waals surface area contributed by atoms with Crippen LogP contribution < -0.4 is 20.1 Å². The van der Waals surface area contributed by atoms with E-state index >= 15 is 0 Å². The van der Waals surface area contributed by atoms with Gasteiger partial charge in [-0.1, -0.05) is 17.7 Å². The summed E-state index contributed by atoms with van der Waals surface area (Å²) in [6.45, 7) is 5.56. The number of hydrogen-bond donors (Lipinski definition) is 2. The molecule has 2 N–H and O–H groups in total. The number of thiocarbonyl (C=S) groups is 1. The predicted molar refractivity (Wildman–Crippen MR) is 114 cm³/mol. The molecule has 0 amide bonds. The molecule has 28 heavy (non-hydrogen) atoms. The van der Waals surface area contributed by atoms with Crippen molar-refractivity contribution in [2.24, 2.45) is 0 Å². The molecule has 0 aliphatic carbocycles. The summed E-state index contributed by atoms with van der Waals surface area (Å²) in [7, 11) is 0. The average Bonchev–Trinajstić information content (AvgIpc) is 3.07. The van der Waals surface area contributed by atoms with Crippen LogP contribution in [0.2, 0.25) is 5.02 Å². The molecule has 2 aromatic rings. The largest absolute Gasteiger partial charge is 0.468 e. The van der Waals surface area contributed by atoms with Crippen LogP contribution in [-0.2, 0) is 4.79 Å². The highest BCUT2D eigenvalue weighted by atomic mass is 35.5. The Kier molecular flexibility index (Phi) is 4.80. The minimum atomic E-state index is -0.658. The molecule has 1 aromatic carbocycles. The molecule has 2 aliphatic heterocycles. The molecule has 1 saturated heterocycles. The van der Waals surface area contributed by atoms with Crippen molar-refractivity contribution in [1.29, 1.82) is 0 Å². The van der Waals surface area contributed by atoms with Crippen LogP contribution in [0.15, 0.2) is 29.6 Å². The van der Waals surface area contributed by atoms with E-state index in [-0.39, 0.29) is 11.5 Å². The minimum absolute atomic E-state index is 0.0943. The first-order valence-electron chi connectivity index (χ1n) is 9.01. The van der Waals surface area contributed by atoms with Gasteiger partial charge in [-0.05, 0) is 43.6 Å². The van der Waals surface area contributed by atoms with Crippen LogP contribution in [0.3, 0.4) is 0 Å². The Labute approximate surface area is 178 Å². The van der Waals surface area contributed by atoms with Gasteiger partial charge in [0.25, 0.3) is 0 Å². The highest BCUT2D eigenvalue weighted by Gasteiger charge is 2.49. The van der Waals surface area contributed by atoms with Gasteiger partial charge in [-0.25, -0.2) is 0 Å². The molecule has 1 spiro atoms. The molecule has 0 bridgehead atoms. The molecule has 2 aliphatic rings. The van der Waals surface area contributed by atoms with Crippen LogP contribution in [0.5, 0.6) is 11.5 Å². The van der Waals surface area contributed by atoms with Crippen molar-refractivity contribution in [3.63, 3.8) is 0 Å². The Balaban J connectivity index is 1.82. The van der Waals surface area contributed by atoms with E-state index in [1.807, 2.05) is 12.1 Å². The lowest BCUT2D eigenvalue weighted by Gasteiger charge is -2.50. The number of esters is 1. The lowest BCUT2D eigenvalue weighted by atomic mass is 9.79. The zero-order valence-electron chi connectivity index (χ0n) is 15.8. The number of nitrogens with one attached hydrogen (secondary N) is 2. The van der Waals surface area contributed by atoms with Crippen LogP contribution in [0.1, 0.15) is 50.0 Å². The molecule has 3 heterocycles. The van der Waals surface area contributed by atoms with Crippen LogP contribution >= 0.6 is 35.2 Å². The summed E-state index contributed by atoms with van der Waals surface area (Å²) in [6.07, 6.45) is 1.43. The van der Waals surface area contributed by atoms with E-state index in [0.717, 1.165) is 12.0 Å². The molecule has 0 radical (unpaired) electrons. The predicted octanol–water partition coefficient (Wildman–Crippen LogP) is 4.58. The van der Waals surface area contributed by atoms with Crippen molar-refractivity contribution in [2.45, 2.75) is 50.8 Å². The van der Waals surface area contributed by atoms with Crippen molar-refractivity contribution >= 4 is 46.2 Å². The number of ether oxygens (including phenoxy) is 2. The maximum absolute atomic E-state index is 11.5. The Bertz CT molecular complexity index is 945. The maximum atomic E-state index is 11.5. The normalized spacial score (nSPS) is 25.3. The van der Waals surface area contributed by atoms with Crippen molar-refractivity contribution in [3.8, 4) is 11.5 Å².